The molecule has 0 saturated carbocycles. The van der Waals surface area contributed by atoms with E-state index < -0.39 is 0 Å². The number of para-hydroxylation sites is 1. The number of aryl methyl sites for hydroxylation is 1. The summed E-state index contributed by atoms with van der Waals surface area (Å²) in [5.74, 6) is 0. The standard InChI is InChI=1S/C25H19ClN4S/c1-17-7-9-18(10-8-17)24-22(15-30(29-24)21-5-3-2-4-6-21)23-16-31-25(28-23)27-20-13-11-19(26)12-14-20/h2-16H,1H3,(H,27,28). The third-order valence-electron chi connectivity index (χ3n) is 4.94. The van der Waals surface area contributed by atoms with Crippen molar-refractivity contribution in [1.29, 1.82) is 0 Å². The van der Waals surface area contributed by atoms with E-state index in [4.69, 9.17) is 21.7 Å². The number of rotatable bonds is 5. The van der Waals surface area contributed by atoms with Crippen molar-refractivity contribution in [3.05, 3.63) is 101 Å². The van der Waals surface area contributed by atoms with Crippen LogP contribution in [0.25, 0.3) is 28.2 Å². The molecular weight excluding hydrogens is 424 g/mol. The smallest absolute Gasteiger partial charge is 0.187 e. The maximum absolute atomic E-state index is 5.99. The van der Waals surface area contributed by atoms with Crippen molar-refractivity contribution in [2.45, 2.75) is 6.92 Å². The van der Waals surface area contributed by atoms with Crippen LogP contribution < -0.4 is 5.32 Å². The lowest BCUT2D eigenvalue weighted by molar-refractivity contribution is 0.884. The van der Waals surface area contributed by atoms with Gasteiger partial charge in [-0.1, -0.05) is 59.6 Å². The molecule has 0 bridgehead atoms. The van der Waals surface area contributed by atoms with Crippen LogP contribution >= 0.6 is 22.9 Å². The molecule has 152 valence electrons. The van der Waals surface area contributed by atoms with Gasteiger partial charge in [-0.2, -0.15) is 5.10 Å². The summed E-state index contributed by atoms with van der Waals surface area (Å²) in [7, 11) is 0. The first-order valence-corrected chi connectivity index (χ1v) is 11.1. The van der Waals surface area contributed by atoms with Gasteiger partial charge in [-0.3, -0.25) is 0 Å². The molecule has 0 spiro atoms. The third-order valence-corrected chi connectivity index (χ3v) is 5.95. The van der Waals surface area contributed by atoms with Crippen molar-refractivity contribution >= 4 is 33.8 Å². The molecule has 5 aromatic rings. The van der Waals surface area contributed by atoms with Gasteiger partial charge in [0.05, 0.1) is 11.4 Å². The van der Waals surface area contributed by atoms with Gasteiger partial charge in [0, 0.05) is 33.4 Å². The van der Waals surface area contributed by atoms with Crippen LogP contribution in [0, 0.1) is 6.92 Å². The molecule has 2 aromatic heterocycles. The van der Waals surface area contributed by atoms with Gasteiger partial charge in [-0.05, 0) is 43.3 Å². The van der Waals surface area contributed by atoms with Gasteiger partial charge in [-0.25, -0.2) is 9.67 Å². The van der Waals surface area contributed by atoms with Gasteiger partial charge in [0.1, 0.15) is 5.69 Å². The molecule has 0 aliphatic carbocycles. The highest BCUT2D eigenvalue weighted by molar-refractivity contribution is 7.14. The van der Waals surface area contributed by atoms with Crippen molar-refractivity contribution < 1.29 is 0 Å². The second-order valence-electron chi connectivity index (χ2n) is 7.21. The van der Waals surface area contributed by atoms with Crippen LogP contribution in [0.3, 0.4) is 0 Å². The van der Waals surface area contributed by atoms with E-state index in [9.17, 15) is 0 Å². The average molecular weight is 443 g/mol. The van der Waals surface area contributed by atoms with Crippen molar-refractivity contribution in [2.75, 3.05) is 5.32 Å². The summed E-state index contributed by atoms with van der Waals surface area (Å²) in [5.41, 5.74) is 7.03. The Morgan fingerprint density at radius 2 is 1.65 bits per heavy atom. The van der Waals surface area contributed by atoms with Crippen molar-refractivity contribution in [3.8, 4) is 28.2 Å². The number of hydrogen-bond acceptors (Lipinski definition) is 4. The molecule has 0 fully saturated rings. The predicted octanol–water partition coefficient (Wildman–Crippen LogP) is 7.37. The fourth-order valence-electron chi connectivity index (χ4n) is 3.31. The second-order valence-corrected chi connectivity index (χ2v) is 8.50. The highest BCUT2D eigenvalue weighted by Crippen LogP contribution is 2.34. The van der Waals surface area contributed by atoms with Crippen LogP contribution in [0.4, 0.5) is 10.8 Å². The van der Waals surface area contributed by atoms with Gasteiger partial charge >= 0.3 is 0 Å². The van der Waals surface area contributed by atoms with Gasteiger partial charge in [-0.15, -0.1) is 11.3 Å². The number of benzene rings is 3. The normalized spacial score (nSPS) is 10.9. The Hall–Kier alpha value is -3.41. The maximum atomic E-state index is 5.99. The van der Waals surface area contributed by atoms with Crippen LogP contribution in [0.1, 0.15) is 5.56 Å². The van der Waals surface area contributed by atoms with Gasteiger partial charge < -0.3 is 5.32 Å². The SMILES string of the molecule is Cc1ccc(-c2nn(-c3ccccc3)cc2-c2csc(Nc3ccc(Cl)cc3)n2)cc1. The maximum Gasteiger partial charge on any atom is 0.187 e. The van der Waals surface area contributed by atoms with E-state index in [0.29, 0.717) is 5.02 Å². The van der Waals surface area contributed by atoms with Gasteiger partial charge in [0.2, 0.25) is 0 Å². The molecule has 0 atom stereocenters. The highest BCUT2D eigenvalue weighted by Gasteiger charge is 2.17. The summed E-state index contributed by atoms with van der Waals surface area (Å²) >= 11 is 7.55. The van der Waals surface area contributed by atoms with E-state index in [0.717, 1.165) is 39.0 Å². The molecule has 5 rings (SSSR count). The first-order valence-electron chi connectivity index (χ1n) is 9.86. The largest absolute Gasteiger partial charge is 0.332 e. The topological polar surface area (TPSA) is 42.7 Å². The number of nitrogens with one attached hydrogen (secondary N) is 1. The minimum Gasteiger partial charge on any atom is -0.332 e. The minimum atomic E-state index is 0.710. The minimum absolute atomic E-state index is 0.710. The summed E-state index contributed by atoms with van der Waals surface area (Å²) in [5, 5.41) is 11.8. The lowest BCUT2D eigenvalue weighted by Crippen LogP contribution is -1.93. The zero-order valence-electron chi connectivity index (χ0n) is 16.8. The molecule has 3 aromatic carbocycles. The molecule has 0 saturated heterocycles. The van der Waals surface area contributed by atoms with E-state index in [1.807, 2.05) is 65.5 Å². The molecule has 6 heteroatoms. The van der Waals surface area contributed by atoms with Crippen LogP contribution in [-0.4, -0.2) is 14.8 Å². The van der Waals surface area contributed by atoms with Crippen molar-refractivity contribution in [3.63, 3.8) is 0 Å². The molecule has 0 aliphatic heterocycles. The molecule has 1 N–H and O–H groups in total. The monoisotopic (exact) mass is 442 g/mol. The summed E-state index contributed by atoms with van der Waals surface area (Å²) < 4.78 is 1.91. The fourth-order valence-corrected chi connectivity index (χ4v) is 4.17. The summed E-state index contributed by atoms with van der Waals surface area (Å²) in [6.07, 6.45) is 2.05. The molecule has 31 heavy (non-hydrogen) atoms. The Kier molecular flexibility index (Phi) is 5.28. The zero-order valence-corrected chi connectivity index (χ0v) is 18.4. The second kappa shape index (κ2) is 8.38. The average Bonchev–Trinajstić information content (AvgIpc) is 3.44. The first-order chi connectivity index (χ1) is 15.2. The molecule has 0 unspecified atom stereocenters. The summed E-state index contributed by atoms with van der Waals surface area (Å²) in [6, 6.07) is 26.1. The molecule has 0 amide bonds. The Morgan fingerprint density at radius 3 is 2.39 bits per heavy atom. The van der Waals surface area contributed by atoms with Crippen molar-refractivity contribution in [1.82, 2.24) is 14.8 Å². The highest BCUT2D eigenvalue weighted by atomic mass is 35.5. The summed E-state index contributed by atoms with van der Waals surface area (Å²) in [4.78, 5) is 4.83. The van der Waals surface area contributed by atoms with Crippen molar-refractivity contribution in [2.24, 2.45) is 0 Å². The summed E-state index contributed by atoms with van der Waals surface area (Å²) in [6.45, 7) is 2.09. The van der Waals surface area contributed by atoms with Crippen LogP contribution in [0.15, 0.2) is 90.4 Å². The molecule has 0 radical (unpaired) electrons. The van der Waals surface area contributed by atoms with Crippen LogP contribution in [-0.2, 0) is 0 Å². The predicted molar refractivity (Wildman–Crippen MR) is 130 cm³/mol. The Labute approximate surface area is 189 Å². The number of hydrogen-bond donors (Lipinski definition) is 1. The van der Waals surface area contributed by atoms with E-state index in [1.165, 1.54) is 5.56 Å². The van der Waals surface area contributed by atoms with Crippen LogP contribution in [0.2, 0.25) is 5.02 Å². The Balaban J connectivity index is 1.54. The molecular formula is C25H19ClN4S. The van der Waals surface area contributed by atoms with Crippen LogP contribution in [0.5, 0.6) is 0 Å². The lowest BCUT2D eigenvalue weighted by Gasteiger charge is -2.02. The number of thiazole rings is 1. The quantitative estimate of drug-likeness (QED) is 0.309. The lowest BCUT2D eigenvalue weighted by atomic mass is 10.1. The Bertz CT molecular complexity index is 1310. The zero-order chi connectivity index (χ0) is 21.2. The number of nitrogens with zero attached hydrogens (tertiary/aromatic N) is 3. The van der Waals surface area contributed by atoms with Gasteiger partial charge in [0.15, 0.2) is 5.13 Å². The number of anilines is 2. The molecule has 4 nitrogen and oxygen atoms in total. The van der Waals surface area contributed by atoms with E-state index >= 15 is 0 Å². The Morgan fingerprint density at radius 1 is 0.903 bits per heavy atom. The van der Waals surface area contributed by atoms with E-state index in [2.05, 4.69) is 41.9 Å². The number of aromatic nitrogens is 3. The fraction of sp³-hybridized carbons (Fsp3) is 0.0400. The van der Waals surface area contributed by atoms with Gasteiger partial charge in [0.25, 0.3) is 0 Å². The number of halogens is 1. The third kappa shape index (κ3) is 4.24. The molecule has 2 heterocycles. The van der Waals surface area contributed by atoms with E-state index in [1.54, 1.807) is 11.3 Å². The first kappa shape index (κ1) is 19.5. The van der Waals surface area contributed by atoms with E-state index in [-0.39, 0.29) is 0 Å². The molecule has 0 aliphatic rings.